The van der Waals surface area contributed by atoms with Crippen molar-refractivity contribution in [3.05, 3.63) is 41.5 Å². The maximum absolute atomic E-state index is 5.99. The summed E-state index contributed by atoms with van der Waals surface area (Å²) in [6, 6.07) is 6.31. The molecule has 0 saturated carbocycles. The molecule has 1 aromatic carbocycles. The molecule has 1 atom stereocenters. The van der Waals surface area contributed by atoms with E-state index in [1.54, 1.807) is 0 Å². The number of para-hydroxylation sites is 1. The van der Waals surface area contributed by atoms with Crippen molar-refractivity contribution in [1.82, 2.24) is 0 Å². The van der Waals surface area contributed by atoms with Gasteiger partial charge >= 0.3 is 0 Å². The number of ether oxygens (including phenoxy) is 1. The minimum absolute atomic E-state index is 0.200. The molecule has 1 aliphatic heterocycles. The smallest absolute Gasteiger partial charge is 0.131 e. The highest BCUT2D eigenvalue weighted by atomic mass is 16.5. The Morgan fingerprint density at radius 1 is 1.50 bits per heavy atom. The molecule has 0 aliphatic carbocycles. The SMILES string of the molecule is C=C(C)[C@]1(C)Cc2cccc(C)c2O1. The van der Waals surface area contributed by atoms with Crippen LogP contribution in [0.5, 0.6) is 5.75 Å². The van der Waals surface area contributed by atoms with Crippen LogP contribution in [0.4, 0.5) is 0 Å². The zero-order valence-electron chi connectivity index (χ0n) is 9.05. The quantitative estimate of drug-likeness (QED) is 0.615. The Labute approximate surface area is 85.4 Å². The Hall–Kier alpha value is -1.24. The number of hydrogen-bond acceptors (Lipinski definition) is 1. The van der Waals surface area contributed by atoms with Gasteiger partial charge in [-0.3, -0.25) is 0 Å². The van der Waals surface area contributed by atoms with Crippen molar-refractivity contribution in [3.8, 4) is 5.75 Å². The second kappa shape index (κ2) is 2.88. The first kappa shape index (κ1) is 9.32. The lowest BCUT2D eigenvalue weighted by atomic mass is 9.93. The molecule has 0 spiro atoms. The third-order valence-electron chi connectivity index (χ3n) is 3.05. The first-order chi connectivity index (χ1) is 6.53. The lowest BCUT2D eigenvalue weighted by Crippen LogP contribution is -2.31. The summed E-state index contributed by atoms with van der Waals surface area (Å²) in [7, 11) is 0. The molecule has 1 nitrogen and oxygen atoms in total. The molecule has 0 radical (unpaired) electrons. The van der Waals surface area contributed by atoms with Gasteiger partial charge in [-0.1, -0.05) is 24.8 Å². The Balaban J connectivity index is 2.44. The minimum Gasteiger partial charge on any atom is -0.482 e. The molecule has 1 heterocycles. The van der Waals surface area contributed by atoms with E-state index in [4.69, 9.17) is 4.74 Å². The standard InChI is InChI=1S/C13H16O/c1-9(2)13(4)8-11-7-5-6-10(3)12(11)14-13/h5-7H,1,8H2,2-4H3/t13-/m0/s1. The minimum atomic E-state index is -0.200. The van der Waals surface area contributed by atoms with Gasteiger partial charge < -0.3 is 4.74 Å². The maximum Gasteiger partial charge on any atom is 0.131 e. The van der Waals surface area contributed by atoms with Gasteiger partial charge in [-0.25, -0.2) is 0 Å². The first-order valence-electron chi connectivity index (χ1n) is 4.96. The van der Waals surface area contributed by atoms with Crippen molar-refractivity contribution in [3.63, 3.8) is 0 Å². The predicted octanol–water partition coefficient (Wildman–Crippen LogP) is 3.26. The van der Waals surface area contributed by atoms with E-state index < -0.39 is 0 Å². The molecule has 0 saturated heterocycles. The summed E-state index contributed by atoms with van der Waals surface area (Å²) in [6.07, 6.45) is 0.944. The number of hydrogen-bond donors (Lipinski definition) is 0. The van der Waals surface area contributed by atoms with Crippen molar-refractivity contribution >= 4 is 0 Å². The molecule has 0 N–H and O–H groups in total. The first-order valence-corrected chi connectivity index (χ1v) is 4.96. The van der Waals surface area contributed by atoms with E-state index in [9.17, 15) is 0 Å². The third kappa shape index (κ3) is 1.24. The highest BCUT2D eigenvalue weighted by Crippen LogP contribution is 2.40. The van der Waals surface area contributed by atoms with E-state index in [1.165, 1.54) is 11.1 Å². The lowest BCUT2D eigenvalue weighted by Gasteiger charge is -2.24. The fourth-order valence-corrected chi connectivity index (χ4v) is 1.86. The van der Waals surface area contributed by atoms with E-state index in [0.29, 0.717) is 0 Å². The van der Waals surface area contributed by atoms with Crippen LogP contribution >= 0.6 is 0 Å². The average Bonchev–Trinajstić information content (AvgIpc) is 2.45. The highest BCUT2D eigenvalue weighted by molar-refractivity contribution is 5.47. The molecule has 1 aliphatic rings. The molecular weight excluding hydrogens is 172 g/mol. The van der Waals surface area contributed by atoms with Gasteiger partial charge in [-0.05, 0) is 37.5 Å². The Bertz CT molecular complexity index is 392. The van der Waals surface area contributed by atoms with Crippen LogP contribution in [0, 0.1) is 6.92 Å². The number of aryl methyl sites for hydroxylation is 1. The Kier molecular flexibility index (Phi) is 1.91. The number of benzene rings is 1. The van der Waals surface area contributed by atoms with Crippen LogP contribution in [0.3, 0.4) is 0 Å². The second-order valence-corrected chi connectivity index (χ2v) is 4.35. The zero-order chi connectivity index (χ0) is 10.3. The van der Waals surface area contributed by atoms with Gasteiger partial charge in [0.15, 0.2) is 0 Å². The van der Waals surface area contributed by atoms with Crippen LogP contribution in [0.1, 0.15) is 25.0 Å². The molecule has 2 rings (SSSR count). The Morgan fingerprint density at radius 3 is 2.79 bits per heavy atom. The van der Waals surface area contributed by atoms with Crippen LogP contribution in [-0.2, 0) is 6.42 Å². The molecule has 0 aromatic heterocycles. The number of rotatable bonds is 1. The van der Waals surface area contributed by atoms with E-state index in [1.807, 2.05) is 6.92 Å². The maximum atomic E-state index is 5.99. The lowest BCUT2D eigenvalue weighted by molar-refractivity contribution is 0.156. The average molecular weight is 188 g/mol. The number of fused-ring (bicyclic) bond motifs is 1. The van der Waals surface area contributed by atoms with E-state index >= 15 is 0 Å². The molecule has 1 heteroatoms. The van der Waals surface area contributed by atoms with Gasteiger partial charge in [0.05, 0.1) is 0 Å². The van der Waals surface area contributed by atoms with Gasteiger partial charge in [0.25, 0.3) is 0 Å². The Morgan fingerprint density at radius 2 is 2.21 bits per heavy atom. The van der Waals surface area contributed by atoms with Crippen LogP contribution in [-0.4, -0.2) is 5.60 Å². The molecule has 0 fully saturated rings. The van der Waals surface area contributed by atoms with Crippen LogP contribution < -0.4 is 4.74 Å². The molecule has 74 valence electrons. The largest absolute Gasteiger partial charge is 0.482 e. The van der Waals surface area contributed by atoms with E-state index in [2.05, 4.69) is 38.6 Å². The van der Waals surface area contributed by atoms with Gasteiger partial charge in [0.1, 0.15) is 11.4 Å². The summed E-state index contributed by atoms with van der Waals surface area (Å²) in [5, 5.41) is 0. The van der Waals surface area contributed by atoms with Crippen molar-refractivity contribution in [2.45, 2.75) is 32.8 Å². The van der Waals surface area contributed by atoms with Crippen molar-refractivity contribution in [1.29, 1.82) is 0 Å². The molecule has 0 amide bonds. The summed E-state index contributed by atoms with van der Waals surface area (Å²) in [5.74, 6) is 1.05. The van der Waals surface area contributed by atoms with Crippen molar-refractivity contribution in [2.75, 3.05) is 0 Å². The normalized spacial score (nSPS) is 24.2. The molecule has 0 unspecified atom stereocenters. The molecule has 1 aromatic rings. The van der Waals surface area contributed by atoms with Crippen LogP contribution in [0.2, 0.25) is 0 Å². The fraction of sp³-hybridized carbons (Fsp3) is 0.385. The van der Waals surface area contributed by atoms with Crippen molar-refractivity contribution < 1.29 is 4.74 Å². The van der Waals surface area contributed by atoms with Crippen LogP contribution in [0.25, 0.3) is 0 Å². The second-order valence-electron chi connectivity index (χ2n) is 4.35. The molecular formula is C13H16O. The summed E-state index contributed by atoms with van der Waals surface area (Å²) in [4.78, 5) is 0. The van der Waals surface area contributed by atoms with Crippen LogP contribution in [0.15, 0.2) is 30.4 Å². The summed E-state index contributed by atoms with van der Waals surface area (Å²) in [6.45, 7) is 10.2. The monoisotopic (exact) mass is 188 g/mol. The summed E-state index contributed by atoms with van der Waals surface area (Å²) < 4.78 is 5.99. The van der Waals surface area contributed by atoms with E-state index in [0.717, 1.165) is 17.7 Å². The molecule has 0 bridgehead atoms. The van der Waals surface area contributed by atoms with E-state index in [-0.39, 0.29) is 5.60 Å². The fourth-order valence-electron chi connectivity index (χ4n) is 1.86. The summed E-state index contributed by atoms with van der Waals surface area (Å²) >= 11 is 0. The van der Waals surface area contributed by atoms with Gasteiger partial charge in [-0.15, -0.1) is 0 Å². The predicted molar refractivity (Wildman–Crippen MR) is 58.7 cm³/mol. The topological polar surface area (TPSA) is 9.23 Å². The van der Waals surface area contributed by atoms with Gasteiger partial charge in [0, 0.05) is 6.42 Å². The third-order valence-corrected chi connectivity index (χ3v) is 3.05. The van der Waals surface area contributed by atoms with Gasteiger partial charge in [0.2, 0.25) is 0 Å². The summed E-state index contributed by atoms with van der Waals surface area (Å²) in [5.41, 5.74) is 3.41. The highest BCUT2D eigenvalue weighted by Gasteiger charge is 2.35. The molecule has 14 heavy (non-hydrogen) atoms. The van der Waals surface area contributed by atoms with Crippen molar-refractivity contribution in [2.24, 2.45) is 0 Å². The van der Waals surface area contributed by atoms with Gasteiger partial charge in [-0.2, -0.15) is 0 Å². The zero-order valence-corrected chi connectivity index (χ0v) is 9.05.